The zero-order valence-electron chi connectivity index (χ0n) is 9.83. The summed E-state index contributed by atoms with van der Waals surface area (Å²) in [6.45, 7) is 0.693. The molecule has 1 aliphatic rings. The van der Waals surface area contributed by atoms with Crippen LogP contribution in [-0.4, -0.2) is 38.9 Å². The summed E-state index contributed by atoms with van der Waals surface area (Å²) < 4.78 is 0. The number of thioether (sulfide) groups is 2. The Morgan fingerprint density at radius 2 is 2.53 bits per heavy atom. The first-order valence-electron chi connectivity index (χ1n) is 5.60. The molecule has 1 saturated heterocycles. The highest BCUT2D eigenvalue weighted by atomic mass is 32.2. The van der Waals surface area contributed by atoms with Crippen molar-refractivity contribution < 1.29 is 4.79 Å². The number of hydrogen-bond donors (Lipinski definition) is 0. The van der Waals surface area contributed by atoms with Crippen LogP contribution in [0.4, 0.5) is 0 Å². The lowest BCUT2D eigenvalue weighted by Crippen LogP contribution is -2.32. The van der Waals surface area contributed by atoms with Crippen molar-refractivity contribution in [3.8, 4) is 0 Å². The van der Waals surface area contributed by atoms with Gasteiger partial charge in [-0.1, -0.05) is 6.07 Å². The van der Waals surface area contributed by atoms with Gasteiger partial charge in [0, 0.05) is 18.9 Å². The number of carbonyl (C=O) groups is 1. The van der Waals surface area contributed by atoms with E-state index in [-0.39, 0.29) is 5.91 Å². The monoisotopic (exact) mass is 268 g/mol. The van der Waals surface area contributed by atoms with Gasteiger partial charge in [0.05, 0.1) is 11.1 Å². The molecule has 1 aromatic rings. The molecule has 0 radical (unpaired) electrons. The summed E-state index contributed by atoms with van der Waals surface area (Å²) in [4.78, 5) is 17.9. The second-order valence-corrected chi connectivity index (χ2v) is 6.08. The Morgan fingerprint density at radius 3 is 3.24 bits per heavy atom. The van der Waals surface area contributed by atoms with E-state index in [0.717, 1.165) is 17.7 Å². The normalized spacial score (nSPS) is 19.9. The highest BCUT2D eigenvalue weighted by Gasteiger charge is 2.30. The topological polar surface area (TPSA) is 33.2 Å². The van der Waals surface area contributed by atoms with Gasteiger partial charge in [0.15, 0.2) is 0 Å². The third-order valence-electron chi connectivity index (χ3n) is 2.71. The van der Waals surface area contributed by atoms with Gasteiger partial charge in [-0.2, -0.15) is 11.8 Å². The van der Waals surface area contributed by atoms with Crippen LogP contribution in [0.2, 0.25) is 0 Å². The first-order valence-corrected chi connectivity index (χ1v) is 8.04. The molecule has 0 spiro atoms. The summed E-state index contributed by atoms with van der Waals surface area (Å²) in [6, 6.07) is 3.94. The third-order valence-corrected chi connectivity index (χ3v) is 4.64. The van der Waals surface area contributed by atoms with Crippen molar-refractivity contribution in [1.29, 1.82) is 0 Å². The Morgan fingerprint density at radius 1 is 1.65 bits per heavy atom. The zero-order chi connectivity index (χ0) is 12.1. The number of amides is 1. The minimum Gasteiger partial charge on any atom is -0.326 e. The number of rotatable bonds is 5. The van der Waals surface area contributed by atoms with Crippen LogP contribution in [-0.2, 0) is 11.3 Å². The summed E-state index contributed by atoms with van der Waals surface area (Å²) >= 11 is 3.59. The summed E-state index contributed by atoms with van der Waals surface area (Å²) in [5, 5.41) is 0.343. The predicted molar refractivity (Wildman–Crippen MR) is 74.0 cm³/mol. The minimum absolute atomic E-state index is 0.255. The van der Waals surface area contributed by atoms with Crippen LogP contribution < -0.4 is 0 Å². The maximum Gasteiger partial charge on any atom is 0.233 e. The van der Waals surface area contributed by atoms with Crippen molar-refractivity contribution in [1.82, 2.24) is 9.88 Å². The lowest BCUT2D eigenvalue weighted by atomic mass is 10.2. The fourth-order valence-corrected chi connectivity index (χ4v) is 3.60. The summed E-state index contributed by atoms with van der Waals surface area (Å²) in [5.41, 5.74) is 1.11. The largest absolute Gasteiger partial charge is 0.326 e. The van der Waals surface area contributed by atoms with Gasteiger partial charge < -0.3 is 4.90 Å². The average molecular weight is 268 g/mol. The van der Waals surface area contributed by atoms with E-state index in [1.165, 1.54) is 0 Å². The number of pyridine rings is 1. The van der Waals surface area contributed by atoms with E-state index < -0.39 is 0 Å². The molecule has 0 saturated carbocycles. The van der Waals surface area contributed by atoms with E-state index in [1.807, 2.05) is 35.0 Å². The Balaban J connectivity index is 1.99. The van der Waals surface area contributed by atoms with Crippen LogP contribution in [0.3, 0.4) is 0 Å². The third kappa shape index (κ3) is 3.39. The molecule has 1 fully saturated rings. The van der Waals surface area contributed by atoms with Crippen molar-refractivity contribution in [3.05, 3.63) is 30.1 Å². The Kier molecular flexibility index (Phi) is 4.74. The van der Waals surface area contributed by atoms with E-state index in [4.69, 9.17) is 0 Å². The molecule has 2 heterocycles. The molecule has 1 aromatic heterocycles. The molecule has 0 aliphatic carbocycles. The van der Waals surface area contributed by atoms with E-state index in [9.17, 15) is 4.79 Å². The average Bonchev–Trinajstić information content (AvgIpc) is 2.70. The summed E-state index contributed by atoms with van der Waals surface area (Å²) in [7, 11) is 0. The number of hydrogen-bond acceptors (Lipinski definition) is 4. The van der Waals surface area contributed by atoms with Crippen LogP contribution in [0.1, 0.15) is 12.0 Å². The fourth-order valence-electron chi connectivity index (χ4n) is 1.84. The number of aromatic nitrogens is 1. The van der Waals surface area contributed by atoms with Crippen LogP contribution in [0.5, 0.6) is 0 Å². The first-order chi connectivity index (χ1) is 8.31. The quantitative estimate of drug-likeness (QED) is 0.820. The second-order valence-electron chi connectivity index (χ2n) is 3.93. The van der Waals surface area contributed by atoms with Gasteiger partial charge in [0.1, 0.15) is 0 Å². The number of nitrogens with zero attached hydrogens (tertiary/aromatic N) is 2. The zero-order valence-corrected chi connectivity index (χ0v) is 11.5. The highest BCUT2D eigenvalue weighted by molar-refractivity contribution is 8.01. The van der Waals surface area contributed by atoms with Gasteiger partial charge in [0.2, 0.25) is 5.91 Å². The molecule has 17 heavy (non-hydrogen) atoms. The molecule has 2 rings (SSSR count). The molecule has 5 heteroatoms. The van der Waals surface area contributed by atoms with Crippen molar-refractivity contribution in [2.75, 3.05) is 17.8 Å². The van der Waals surface area contributed by atoms with E-state index in [0.29, 0.717) is 17.7 Å². The molecular weight excluding hydrogens is 252 g/mol. The van der Waals surface area contributed by atoms with E-state index >= 15 is 0 Å². The molecule has 92 valence electrons. The Labute approximate surface area is 110 Å². The van der Waals surface area contributed by atoms with Gasteiger partial charge >= 0.3 is 0 Å². The van der Waals surface area contributed by atoms with Crippen molar-refractivity contribution in [3.63, 3.8) is 0 Å². The predicted octanol–water partition coefficient (Wildman–Crippen LogP) is 2.24. The SMILES string of the molecule is CSCCC1SCC(=O)N1Cc1cccnc1. The highest BCUT2D eigenvalue weighted by Crippen LogP contribution is 2.29. The standard InChI is InChI=1S/C12H16N2OS2/c1-16-6-4-12-14(11(15)9-17-12)8-10-3-2-5-13-7-10/h2-3,5,7,12H,4,6,8-9H2,1H3. The van der Waals surface area contributed by atoms with Crippen LogP contribution in [0.25, 0.3) is 0 Å². The van der Waals surface area contributed by atoms with Crippen molar-refractivity contribution in [2.24, 2.45) is 0 Å². The van der Waals surface area contributed by atoms with Crippen LogP contribution in [0.15, 0.2) is 24.5 Å². The van der Waals surface area contributed by atoms with Crippen molar-refractivity contribution >= 4 is 29.4 Å². The smallest absolute Gasteiger partial charge is 0.233 e. The first kappa shape index (κ1) is 12.8. The van der Waals surface area contributed by atoms with Gasteiger partial charge in [-0.3, -0.25) is 9.78 Å². The van der Waals surface area contributed by atoms with E-state index in [2.05, 4.69) is 11.2 Å². The summed E-state index contributed by atoms with van der Waals surface area (Å²) in [6.07, 6.45) is 6.77. The maximum absolute atomic E-state index is 11.8. The fraction of sp³-hybridized carbons (Fsp3) is 0.500. The molecule has 0 aromatic carbocycles. The second kappa shape index (κ2) is 6.31. The molecule has 1 aliphatic heterocycles. The van der Waals surface area contributed by atoms with Crippen LogP contribution >= 0.6 is 23.5 Å². The van der Waals surface area contributed by atoms with E-state index in [1.54, 1.807) is 18.0 Å². The Bertz CT molecular complexity index is 372. The molecule has 1 unspecified atom stereocenters. The molecule has 0 N–H and O–H groups in total. The number of carbonyl (C=O) groups excluding carboxylic acids is 1. The van der Waals surface area contributed by atoms with Crippen molar-refractivity contribution in [2.45, 2.75) is 18.3 Å². The molecule has 0 bridgehead atoms. The lowest BCUT2D eigenvalue weighted by molar-refractivity contribution is -0.128. The minimum atomic E-state index is 0.255. The van der Waals surface area contributed by atoms with Gasteiger partial charge in [-0.05, 0) is 30.1 Å². The van der Waals surface area contributed by atoms with Gasteiger partial charge in [-0.15, -0.1) is 11.8 Å². The Hall–Kier alpha value is -0.680. The molecular formula is C12H16N2OS2. The molecule has 1 atom stereocenters. The maximum atomic E-state index is 11.8. The molecule has 3 nitrogen and oxygen atoms in total. The summed E-state index contributed by atoms with van der Waals surface area (Å²) in [5.74, 6) is 1.98. The molecule has 1 amide bonds. The van der Waals surface area contributed by atoms with Gasteiger partial charge in [0.25, 0.3) is 0 Å². The lowest BCUT2D eigenvalue weighted by Gasteiger charge is -2.23. The van der Waals surface area contributed by atoms with Crippen LogP contribution in [0, 0.1) is 0 Å². The van der Waals surface area contributed by atoms with Gasteiger partial charge in [-0.25, -0.2) is 0 Å².